The molecule has 1 heterocycles. The van der Waals surface area contributed by atoms with Gasteiger partial charge in [-0.3, -0.25) is 9.79 Å². The lowest BCUT2D eigenvalue weighted by atomic mass is 10.1. The van der Waals surface area contributed by atoms with Crippen molar-refractivity contribution < 1.29 is 9.53 Å². The first-order valence-corrected chi connectivity index (χ1v) is 11.6. The summed E-state index contributed by atoms with van der Waals surface area (Å²) < 4.78 is 5.56. The number of aryl methyl sites for hydroxylation is 1. The van der Waals surface area contributed by atoms with Gasteiger partial charge in [-0.1, -0.05) is 24.3 Å². The molecule has 1 amide bonds. The Morgan fingerprint density at radius 2 is 1.82 bits per heavy atom. The molecule has 0 radical (unpaired) electrons. The van der Waals surface area contributed by atoms with Crippen molar-refractivity contribution in [1.82, 2.24) is 20.9 Å². The van der Waals surface area contributed by atoms with E-state index >= 15 is 0 Å². The number of aromatic amines is 1. The molecule has 34 heavy (non-hydrogen) atoms. The molecule has 7 nitrogen and oxygen atoms in total. The third-order valence-electron chi connectivity index (χ3n) is 5.78. The Hall–Kier alpha value is -2.75. The number of amides is 1. The average Bonchev–Trinajstić information content (AvgIpc) is 3.55. The largest absolute Gasteiger partial charge is 0.484 e. The second-order valence-electron chi connectivity index (χ2n) is 8.56. The van der Waals surface area contributed by atoms with Crippen LogP contribution in [-0.4, -0.2) is 49.6 Å². The monoisotopic (exact) mass is 575 g/mol. The number of hydrogen-bond donors (Lipinski definition) is 4. The molecule has 8 heteroatoms. The van der Waals surface area contributed by atoms with E-state index in [1.165, 1.54) is 27.6 Å². The molecule has 1 aliphatic rings. The first-order chi connectivity index (χ1) is 16.1. The number of H-pyrrole nitrogens is 1. The number of ether oxygens (including phenoxy) is 1. The Labute approximate surface area is 218 Å². The highest BCUT2D eigenvalue weighted by molar-refractivity contribution is 14.0. The standard InChI is InChI=1S/C26H33N5O2.HI/c1-18-3-10-23-20(16-30-24(23)15-18)12-14-29-26(27-2)28-13-11-19-4-8-22(9-5-19)33-17-25(32)31-21-6-7-21;/h3-5,8-10,15-16,21,30H,6-7,11-14,17H2,1-2H3,(H,31,32)(H2,27,28,29);1H. The molecular formula is C26H34IN5O2. The zero-order chi connectivity index (χ0) is 23.0. The van der Waals surface area contributed by atoms with Crippen molar-refractivity contribution in [3.63, 3.8) is 0 Å². The van der Waals surface area contributed by atoms with Gasteiger partial charge in [0.1, 0.15) is 5.75 Å². The van der Waals surface area contributed by atoms with Crippen LogP contribution in [0.1, 0.15) is 29.5 Å². The van der Waals surface area contributed by atoms with E-state index in [0.29, 0.717) is 11.8 Å². The number of nitrogens with one attached hydrogen (secondary N) is 4. The number of halogens is 1. The van der Waals surface area contributed by atoms with Gasteiger partial charge in [0.15, 0.2) is 12.6 Å². The van der Waals surface area contributed by atoms with Crippen LogP contribution < -0.4 is 20.7 Å². The molecule has 4 rings (SSSR count). The summed E-state index contributed by atoms with van der Waals surface area (Å²) in [6, 6.07) is 14.8. The molecule has 0 unspecified atom stereocenters. The maximum atomic E-state index is 11.7. The van der Waals surface area contributed by atoms with Crippen LogP contribution >= 0.6 is 24.0 Å². The van der Waals surface area contributed by atoms with Crippen molar-refractivity contribution in [3.8, 4) is 5.75 Å². The molecule has 1 aromatic heterocycles. The first kappa shape index (κ1) is 25.9. The van der Waals surface area contributed by atoms with Crippen LogP contribution in [0.4, 0.5) is 0 Å². The fourth-order valence-corrected chi connectivity index (χ4v) is 3.77. The van der Waals surface area contributed by atoms with E-state index in [1.807, 2.05) is 24.3 Å². The van der Waals surface area contributed by atoms with E-state index in [2.05, 4.69) is 57.2 Å². The Bertz CT molecular complexity index is 1110. The summed E-state index contributed by atoms with van der Waals surface area (Å²) in [5.41, 5.74) is 4.95. The fraction of sp³-hybridized carbons (Fsp3) is 0.385. The molecule has 0 bridgehead atoms. The lowest BCUT2D eigenvalue weighted by Gasteiger charge is -2.12. The van der Waals surface area contributed by atoms with Gasteiger partial charge in [-0.15, -0.1) is 24.0 Å². The number of guanidine groups is 1. The minimum Gasteiger partial charge on any atom is -0.484 e. The Balaban J connectivity index is 0.00000324. The maximum absolute atomic E-state index is 11.7. The molecule has 3 aromatic rings. The van der Waals surface area contributed by atoms with Crippen molar-refractivity contribution in [2.45, 2.75) is 38.6 Å². The van der Waals surface area contributed by atoms with E-state index in [1.54, 1.807) is 7.05 Å². The van der Waals surface area contributed by atoms with E-state index < -0.39 is 0 Å². The van der Waals surface area contributed by atoms with Crippen LogP contribution in [0.2, 0.25) is 0 Å². The van der Waals surface area contributed by atoms with Crippen molar-refractivity contribution >= 4 is 46.7 Å². The predicted molar refractivity (Wildman–Crippen MR) is 148 cm³/mol. The van der Waals surface area contributed by atoms with Crippen molar-refractivity contribution in [2.24, 2.45) is 4.99 Å². The Kier molecular flexibility index (Phi) is 9.62. The number of rotatable bonds is 10. The summed E-state index contributed by atoms with van der Waals surface area (Å²) >= 11 is 0. The Morgan fingerprint density at radius 1 is 1.09 bits per heavy atom. The number of aliphatic imine (C=N–C) groups is 1. The fourth-order valence-electron chi connectivity index (χ4n) is 3.77. The molecule has 182 valence electrons. The van der Waals surface area contributed by atoms with Crippen LogP contribution in [0, 0.1) is 6.92 Å². The maximum Gasteiger partial charge on any atom is 0.258 e. The second-order valence-corrected chi connectivity index (χ2v) is 8.56. The second kappa shape index (κ2) is 12.6. The van der Waals surface area contributed by atoms with Crippen LogP contribution in [0.25, 0.3) is 10.9 Å². The van der Waals surface area contributed by atoms with Gasteiger partial charge in [-0.2, -0.15) is 0 Å². The van der Waals surface area contributed by atoms with E-state index in [9.17, 15) is 4.79 Å². The summed E-state index contributed by atoms with van der Waals surface area (Å²) in [6.07, 6.45) is 6.04. The molecule has 1 fully saturated rings. The SMILES string of the molecule is CN=C(NCCc1ccc(OCC(=O)NC2CC2)cc1)NCCc1c[nH]c2cc(C)ccc12.I. The summed E-state index contributed by atoms with van der Waals surface area (Å²) in [7, 11) is 1.79. The number of fused-ring (bicyclic) bond motifs is 1. The summed E-state index contributed by atoms with van der Waals surface area (Å²) in [5.74, 6) is 1.46. The highest BCUT2D eigenvalue weighted by Crippen LogP contribution is 2.20. The highest BCUT2D eigenvalue weighted by Gasteiger charge is 2.23. The van der Waals surface area contributed by atoms with E-state index in [0.717, 1.165) is 44.7 Å². The highest BCUT2D eigenvalue weighted by atomic mass is 127. The van der Waals surface area contributed by atoms with Gasteiger partial charge in [-0.25, -0.2) is 0 Å². The van der Waals surface area contributed by atoms with Gasteiger partial charge < -0.3 is 25.7 Å². The van der Waals surface area contributed by atoms with Gasteiger partial charge in [0.2, 0.25) is 0 Å². The summed E-state index contributed by atoms with van der Waals surface area (Å²) in [5, 5.41) is 11.0. The van der Waals surface area contributed by atoms with Crippen molar-refractivity contribution in [1.29, 1.82) is 0 Å². The molecule has 0 aliphatic heterocycles. The third-order valence-corrected chi connectivity index (χ3v) is 5.78. The van der Waals surface area contributed by atoms with Gasteiger partial charge in [-0.05, 0) is 67.5 Å². The zero-order valence-corrected chi connectivity index (χ0v) is 22.1. The molecule has 1 aliphatic carbocycles. The van der Waals surface area contributed by atoms with E-state index in [-0.39, 0.29) is 36.5 Å². The minimum atomic E-state index is -0.0514. The number of benzene rings is 2. The lowest BCUT2D eigenvalue weighted by molar-refractivity contribution is -0.123. The van der Waals surface area contributed by atoms with Crippen molar-refractivity contribution in [3.05, 3.63) is 65.4 Å². The number of nitrogens with zero attached hydrogens (tertiary/aromatic N) is 1. The molecule has 0 spiro atoms. The average molecular weight is 575 g/mol. The molecule has 0 saturated heterocycles. The molecule has 4 N–H and O–H groups in total. The minimum absolute atomic E-state index is 0. The summed E-state index contributed by atoms with van der Waals surface area (Å²) in [6.45, 7) is 3.75. The lowest BCUT2D eigenvalue weighted by Crippen LogP contribution is -2.39. The Morgan fingerprint density at radius 3 is 2.53 bits per heavy atom. The smallest absolute Gasteiger partial charge is 0.258 e. The number of aromatic nitrogens is 1. The van der Waals surface area contributed by atoms with E-state index in [4.69, 9.17) is 4.74 Å². The van der Waals surface area contributed by atoms with Gasteiger partial charge in [0.25, 0.3) is 5.91 Å². The molecule has 0 atom stereocenters. The first-order valence-electron chi connectivity index (χ1n) is 11.6. The van der Waals surface area contributed by atoms with Gasteiger partial charge >= 0.3 is 0 Å². The van der Waals surface area contributed by atoms with Gasteiger partial charge in [0, 0.05) is 43.3 Å². The van der Waals surface area contributed by atoms with Crippen LogP contribution in [0.15, 0.2) is 53.7 Å². The molecular weight excluding hydrogens is 541 g/mol. The zero-order valence-electron chi connectivity index (χ0n) is 19.8. The molecule has 1 saturated carbocycles. The molecule has 2 aromatic carbocycles. The normalized spacial score (nSPS) is 13.3. The third kappa shape index (κ3) is 7.65. The number of carbonyl (C=O) groups excluding carboxylic acids is 1. The number of carbonyl (C=O) groups is 1. The van der Waals surface area contributed by atoms with Gasteiger partial charge in [0.05, 0.1) is 0 Å². The number of hydrogen-bond acceptors (Lipinski definition) is 3. The predicted octanol–water partition coefficient (Wildman–Crippen LogP) is 3.70. The van der Waals surface area contributed by atoms with Crippen molar-refractivity contribution in [2.75, 3.05) is 26.7 Å². The topological polar surface area (TPSA) is 90.5 Å². The summed E-state index contributed by atoms with van der Waals surface area (Å²) in [4.78, 5) is 19.4. The van der Waals surface area contributed by atoms with Crippen LogP contribution in [-0.2, 0) is 17.6 Å². The van der Waals surface area contributed by atoms with Crippen LogP contribution in [0.5, 0.6) is 5.75 Å². The van der Waals surface area contributed by atoms with Crippen LogP contribution in [0.3, 0.4) is 0 Å². The quantitative estimate of drug-likeness (QED) is 0.169.